The Kier molecular flexibility index (Phi) is 4.84. The average molecular weight is 367 g/mol. The third kappa shape index (κ3) is 3.68. The zero-order chi connectivity index (χ0) is 18.6. The van der Waals surface area contributed by atoms with Gasteiger partial charge >= 0.3 is 6.01 Å². The van der Waals surface area contributed by atoms with Crippen molar-refractivity contribution in [2.24, 2.45) is 5.10 Å². The van der Waals surface area contributed by atoms with E-state index in [4.69, 9.17) is 9.47 Å². The number of fused-ring (bicyclic) bond motifs is 1. The van der Waals surface area contributed by atoms with Gasteiger partial charge in [-0.15, -0.1) is 0 Å². The van der Waals surface area contributed by atoms with Crippen LogP contribution in [-0.2, 0) is 4.74 Å². The van der Waals surface area contributed by atoms with E-state index in [-0.39, 0.29) is 6.01 Å². The van der Waals surface area contributed by atoms with Crippen molar-refractivity contribution in [1.82, 2.24) is 19.9 Å². The van der Waals surface area contributed by atoms with E-state index < -0.39 is 0 Å². The fourth-order valence-corrected chi connectivity index (χ4v) is 3.01. The normalized spacial score (nSPS) is 14.8. The highest BCUT2D eigenvalue weighted by molar-refractivity contribution is 6.00. The Morgan fingerprint density at radius 1 is 1.22 bits per heavy atom. The van der Waals surface area contributed by atoms with Gasteiger partial charge in [0, 0.05) is 35.2 Å². The highest BCUT2D eigenvalue weighted by atomic mass is 16.5. The summed E-state index contributed by atoms with van der Waals surface area (Å²) in [6, 6.07) is 8.35. The van der Waals surface area contributed by atoms with Crippen LogP contribution in [-0.4, -0.2) is 59.6 Å². The summed E-state index contributed by atoms with van der Waals surface area (Å²) in [6.45, 7) is 4.77. The number of aromatic amines is 1. The van der Waals surface area contributed by atoms with Crippen LogP contribution in [0.4, 0.5) is 11.9 Å². The molecule has 3 aromatic rings. The number of methoxy groups -OCH3 is 1. The quantitative estimate of drug-likeness (QED) is 0.525. The number of ether oxygens (including phenoxy) is 2. The molecule has 3 heterocycles. The Bertz CT molecular complexity index is 963. The number of morpholine rings is 1. The monoisotopic (exact) mass is 367 g/mol. The number of H-pyrrole nitrogens is 1. The van der Waals surface area contributed by atoms with Crippen LogP contribution < -0.4 is 15.1 Å². The van der Waals surface area contributed by atoms with Gasteiger partial charge < -0.3 is 19.4 Å². The Balaban J connectivity index is 1.56. The zero-order valence-corrected chi connectivity index (χ0v) is 15.3. The van der Waals surface area contributed by atoms with Crippen molar-refractivity contribution < 1.29 is 9.47 Å². The van der Waals surface area contributed by atoms with E-state index in [1.165, 1.54) is 7.11 Å². The van der Waals surface area contributed by atoms with Gasteiger partial charge in [-0.3, -0.25) is 0 Å². The van der Waals surface area contributed by atoms with Gasteiger partial charge in [-0.2, -0.15) is 20.1 Å². The largest absolute Gasteiger partial charge is 0.467 e. The molecule has 2 aromatic heterocycles. The molecule has 1 aromatic carbocycles. The SMILES string of the molecule is COc1nc(NN=Cc2c(C)[nH]c3ccccc23)nc(N2CCOCC2)n1. The Morgan fingerprint density at radius 2 is 2.04 bits per heavy atom. The smallest absolute Gasteiger partial charge is 0.322 e. The molecule has 1 aliphatic heterocycles. The third-order valence-corrected chi connectivity index (χ3v) is 4.38. The molecule has 0 atom stereocenters. The van der Waals surface area contributed by atoms with Gasteiger partial charge in [0.25, 0.3) is 5.95 Å². The van der Waals surface area contributed by atoms with Crippen molar-refractivity contribution in [2.45, 2.75) is 6.92 Å². The minimum Gasteiger partial charge on any atom is -0.467 e. The molecule has 27 heavy (non-hydrogen) atoms. The van der Waals surface area contributed by atoms with Crippen LogP contribution in [0.1, 0.15) is 11.3 Å². The topological polar surface area (TPSA) is 101 Å². The molecule has 4 rings (SSSR count). The maximum absolute atomic E-state index is 5.37. The molecule has 0 radical (unpaired) electrons. The molecule has 9 heteroatoms. The van der Waals surface area contributed by atoms with E-state index in [0.29, 0.717) is 25.1 Å². The number of hydrazone groups is 1. The third-order valence-electron chi connectivity index (χ3n) is 4.38. The van der Waals surface area contributed by atoms with E-state index in [1.54, 1.807) is 6.21 Å². The number of rotatable bonds is 5. The van der Waals surface area contributed by atoms with Crippen LogP contribution >= 0.6 is 0 Å². The van der Waals surface area contributed by atoms with Crippen LogP contribution in [0.15, 0.2) is 29.4 Å². The lowest BCUT2D eigenvalue weighted by atomic mass is 10.1. The van der Waals surface area contributed by atoms with E-state index in [9.17, 15) is 0 Å². The molecular weight excluding hydrogens is 346 g/mol. The van der Waals surface area contributed by atoms with Crippen molar-refractivity contribution in [3.05, 3.63) is 35.5 Å². The lowest BCUT2D eigenvalue weighted by Crippen LogP contribution is -2.37. The Hall–Kier alpha value is -3.20. The Morgan fingerprint density at radius 3 is 2.85 bits per heavy atom. The summed E-state index contributed by atoms with van der Waals surface area (Å²) in [4.78, 5) is 18.4. The fourth-order valence-electron chi connectivity index (χ4n) is 3.01. The van der Waals surface area contributed by atoms with E-state index in [1.807, 2.05) is 30.0 Å². The van der Waals surface area contributed by atoms with Gasteiger partial charge in [-0.25, -0.2) is 5.43 Å². The zero-order valence-electron chi connectivity index (χ0n) is 15.3. The summed E-state index contributed by atoms with van der Waals surface area (Å²) in [5.41, 5.74) is 6.03. The van der Waals surface area contributed by atoms with Crippen molar-refractivity contribution in [3.63, 3.8) is 0 Å². The van der Waals surface area contributed by atoms with Crippen molar-refractivity contribution >= 4 is 29.0 Å². The molecule has 9 nitrogen and oxygen atoms in total. The number of aryl methyl sites for hydroxylation is 1. The Labute approximate surface area is 156 Å². The van der Waals surface area contributed by atoms with Gasteiger partial charge in [-0.1, -0.05) is 18.2 Å². The average Bonchev–Trinajstić information content (AvgIpc) is 3.04. The summed E-state index contributed by atoms with van der Waals surface area (Å²) in [5, 5.41) is 5.42. The van der Waals surface area contributed by atoms with Crippen LogP contribution in [0.3, 0.4) is 0 Å². The number of benzene rings is 1. The number of anilines is 2. The summed E-state index contributed by atoms with van der Waals surface area (Å²) >= 11 is 0. The van der Waals surface area contributed by atoms with Gasteiger partial charge in [0.05, 0.1) is 26.5 Å². The van der Waals surface area contributed by atoms with Crippen molar-refractivity contribution in [3.8, 4) is 6.01 Å². The van der Waals surface area contributed by atoms with Crippen LogP contribution in [0.5, 0.6) is 6.01 Å². The summed E-state index contributed by atoms with van der Waals surface area (Å²) < 4.78 is 10.6. The molecule has 140 valence electrons. The lowest BCUT2D eigenvalue weighted by molar-refractivity contribution is 0.122. The first kappa shape index (κ1) is 17.2. The van der Waals surface area contributed by atoms with Gasteiger partial charge in [-0.05, 0) is 13.0 Å². The highest BCUT2D eigenvalue weighted by Gasteiger charge is 2.16. The van der Waals surface area contributed by atoms with Crippen LogP contribution in [0.25, 0.3) is 10.9 Å². The number of hydrogen-bond acceptors (Lipinski definition) is 8. The molecule has 0 saturated carbocycles. The number of nitrogens with zero attached hydrogens (tertiary/aromatic N) is 5. The first-order valence-corrected chi connectivity index (χ1v) is 8.74. The number of para-hydroxylation sites is 1. The maximum Gasteiger partial charge on any atom is 0.322 e. The standard InChI is InChI=1S/C18H21N7O2/c1-12-14(13-5-3-4-6-15(13)20-12)11-19-24-16-21-17(23-18(22-16)26-2)25-7-9-27-10-8-25/h3-6,11,20H,7-10H2,1-2H3,(H,21,22,23,24). The molecule has 0 bridgehead atoms. The van der Waals surface area contributed by atoms with Gasteiger partial charge in [0.2, 0.25) is 5.95 Å². The first-order chi connectivity index (χ1) is 13.2. The van der Waals surface area contributed by atoms with Crippen LogP contribution in [0.2, 0.25) is 0 Å². The first-order valence-electron chi connectivity index (χ1n) is 8.74. The van der Waals surface area contributed by atoms with E-state index in [2.05, 4.69) is 36.5 Å². The molecule has 1 saturated heterocycles. The van der Waals surface area contributed by atoms with Crippen LogP contribution in [0, 0.1) is 6.92 Å². The number of hydrogen-bond donors (Lipinski definition) is 2. The predicted octanol–water partition coefficient (Wildman–Crippen LogP) is 1.95. The van der Waals surface area contributed by atoms with Gasteiger partial charge in [0.15, 0.2) is 0 Å². The number of aromatic nitrogens is 4. The van der Waals surface area contributed by atoms with E-state index >= 15 is 0 Å². The fraction of sp³-hybridized carbons (Fsp3) is 0.333. The molecule has 1 aliphatic rings. The number of nitrogens with one attached hydrogen (secondary N) is 2. The maximum atomic E-state index is 5.37. The molecular formula is C18H21N7O2. The van der Waals surface area contributed by atoms with Crippen molar-refractivity contribution in [2.75, 3.05) is 43.7 Å². The second-order valence-electron chi connectivity index (χ2n) is 6.12. The molecule has 0 aliphatic carbocycles. The predicted molar refractivity (Wildman–Crippen MR) is 104 cm³/mol. The second kappa shape index (κ2) is 7.58. The summed E-state index contributed by atoms with van der Waals surface area (Å²) in [7, 11) is 1.53. The minimum absolute atomic E-state index is 0.243. The molecule has 0 amide bonds. The highest BCUT2D eigenvalue weighted by Crippen LogP contribution is 2.20. The summed E-state index contributed by atoms with van der Waals surface area (Å²) in [5.74, 6) is 0.878. The molecule has 0 unspecified atom stereocenters. The van der Waals surface area contributed by atoms with Crippen molar-refractivity contribution in [1.29, 1.82) is 0 Å². The van der Waals surface area contributed by atoms with E-state index in [0.717, 1.165) is 35.2 Å². The molecule has 0 spiro atoms. The molecule has 2 N–H and O–H groups in total. The lowest BCUT2D eigenvalue weighted by Gasteiger charge is -2.26. The second-order valence-corrected chi connectivity index (χ2v) is 6.12. The molecule has 1 fully saturated rings. The van der Waals surface area contributed by atoms with Gasteiger partial charge in [0.1, 0.15) is 0 Å². The minimum atomic E-state index is 0.243. The summed E-state index contributed by atoms with van der Waals surface area (Å²) in [6.07, 6.45) is 1.76.